The van der Waals surface area contributed by atoms with E-state index in [9.17, 15) is 0 Å². The van der Waals surface area contributed by atoms with Gasteiger partial charge in [0.1, 0.15) is 0 Å². The van der Waals surface area contributed by atoms with Crippen LogP contribution >= 0.6 is 0 Å². The van der Waals surface area contributed by atoms with E-state index in [0.29, 0.717) is 0 Å². The second-order valence-electron chi connectivity index (χ2n) is 1.21. The summed E-state index contributed by atoms with van der Waals surface area (Å²) in [6.07, 6.45) is 2.75. The Balaban J connectivity index is -0.0000000133. The van der Waals surface area contributed by atoms with Crippen LogP contribution in [0.2, 0.25) is 4.55 Å². The van der Waals surface area contributed by atoms with Gasteiger partial charge in [-0.25, -0.2) is 0 Å². The second kappa shape index (κ2) is 31.5. The van der Waals surface area contributed by atoms with Gasteiger partial charge in [0.2, 0.25) is 0 Å². The molecule has 9 heavy (non-hydrogen) atoms. The van der Waals surface area contributed by atoms with Gasteiger partial charge in [0.05, 0.1) is 0 Å². The number of hydrogen-bond donors (Lipinski definition) is 0. The molecule has 0 nitrogen and oxygen atoms in total. The van der Waals surface area contributed by atoms with E-state index in [-0.39, 0.29) is 60.3 Å². The maximum absolute atomic E-state index is 2.22. The molecule has 0 rings (SSSR count). The van der Waals surface area contributed by atoms with Crippen molar-refractivity contribution in [3.63, 3.8) is 0 Å². The average Bonchev–Trinajstić information content (AvgIpc) is 1.41. The number of unbranched alkanes of at least 4 members (excludes halogenated alkanes) is 1. The van der Waals surface area contributed by atoms with Crippen molar-refractivity contribution in [2.45, 2.75) is 24.3 Å². The van der Waals surface area contributed by atoms with Crippen molar-refractivity contribution in [1.29, 1.82) is 0 Å². The summed E-state index contributed by atoms with van der Waals surface area (Å²) in [4.78, 5) is 0. The van der Waals surface area contributed by atoms with Crippen molar-refractivity contribution in [2.24, 2.45) is 0 Å². The van der Waals surface area contributed by atoms with Gasteiger partial charge in [0.15, 0.2) is 0 Å². The molecule has 0 aromatic heterocycles. The fourth-order valence-electron chi connectivity index (χ4n) is 0.250. The number of rotatable bonds is 2. The molecule has 0 atom stereocenters. The molecule has 0 bridgehead atoms. The van der Waals surface area contributed by atoms with E-state index in [4.69, 9.17) is 0 Å². The first-order valence-corrected chi connectivity index (χ1v) is 3.21. The Morgan fingerprint density at radius 2 is 1.44 bits per heavy atom. The van der Waals surface area contributed by atoms with Crippen LogP contribution in [0.3, 0.4) is 0 Å². The van der Waals surface area contributed by atoms with E-state index in [1.807, 2.05) is 21.7 Å². The molecule has 5 heteroatoms. The standard InChI is InChI=1S/C4H9.3ClH.2Mg/c1-3-4-2;;;;;/h1,3-4H2,2H3;3*1H;;/q;;;;+1;+2/p-3. The Labute approximate surface area is 105 Å². The Morgan fingerprint density at radius 1 is 1.11 bits per heavy atom. The molecule has 0 spiro atoms. The monoisotopic (exact) mass is 210 g/mol. The molecule has 0 aliphatic rings. The van der Waals surface area contributed by atoms with E-state index in [1.54, 1.807) is 0 Å². The molecule has 0 fully saturated rings. The van der Waals surface area contributed by atoms with Crippen molar-refractivity contribution in [3.8, 4) is 0 Å². The zero-order chi connectivity index (χ0) is 4.12. The van der Waals surface area contributed by atoms with E-state index < -0.39 is 0 Å². The predicted molar refractivity (Wildman–Crippen MR) is 31.2 cm³/mol. The van der Waals surface area contributed by atoms with Crippen LogP contribution in [0.1, 0.15) is 19.8 Å². The molecule has 0 saturated carbocycles. The van der Waals surface area contributed by atoms with Crippen molar-refractivity contribution in [3.05, 3.63) is 0 Å². The fraction of sp³-hybridized carbons (Fsp3) is 1.00. The third-order valence-electron chi connectivity index (χ3n) is 0.604. The zero-order valence-electron chi connectivity index (χ0n) is 5.67. The smallest absolute Gasteiger partial charge is 1.00 e. The third kappa shape index (κ3) is 37.9. The molecule has 0 aromatic carbocycles. The summed E-state index contributed by atoms with van der Waals surface area (Å²) in [5.41, 5.74) is 0. The molecule has 0 heterocycles. The van der Waals surface area contributed by atoms with Gasteiger partial charge in [-0.15, -0.1) is 0 Å². The molecule has 0 saturated heterocycles. The summed E-state index contributed by atoms with van der Waals surface area (Å²) in [6, 6.07) is 0. The Bertz CT molecular complexity index is 21.3. The van der Waals surface area contributed by atoms with Crippen LogP contribution in [0.15, 0.2) is 0 Å². The summed E-state index contributed by atoms with van der Waals surface area (Å²) < 4.78 is 1.37. The average molecular weight is 212 g/mol. The molecule has 50 valence electrons. The summed E-state index contributed by atoms with van der Waals surface area (Å²) in [5, 5.41) is 0. The van der Waals surface area contributed by atoms with E-state index in [0.717, 1.165) is 0 Å². The van der Waals surface area contributed by atoms with Crippen LogP contribution in [0.5, 0.6) is 0 Å². The molecule has 0 aliphatic heterocycles. The normalized spacial score (nSPS) is 4.78. The third-order valence-corrected chi connectivity index (χ3v) is 1.10. The first-order chi connectivity index (χ1) is 2.41. The van der Waals surface area contributed by atoms with Crippen LogP contribution in [-0.2, 0) is 0 Å². The van der Waals surface area contributed by atoms with Gasteiger partial charge in [-0.2, -0.15) is 0 Å². The molecule has 0 N–H and O–H groups in total. The quantitative estimate of drug-likeness (QED) is 0.399. The minimum atomic E-state index is 0. The van der Waals surface area contributed by atoms with Crippen LogP contribution in [0, 0.1) is 0 Å². The summed E-state index contributed by atoms with van der Waals surface area (Å²) in [6.45, 7) is 2.22. The zero-order valence-corrected chi connectivity index (χ0v) is 10.8. The first kappa shape index (κ1) is 30.1. The first-order valence-electron chi connectivity index (χ1n) is 2.21. The van der Waals surface area contributed by atoms with Crippen LogP contribution in [0.25, 0.3) is 0 Å². The Kier molecular flexibility index (Phi) is 105. The molecular weight excluding hydrogens is 203 g/mol. The van der Waals surface area contributed by atoms with Crippen LogP contribution in [0.4, 0.5) is 0 Å². The Morgan fingerprint density at radius 3 is 1.44 bits per heavy atom. The number of hydrogen-bond acceptors (Lipinski definition) is 0. The van der Waals surface area contributed by atoms with E-state index in [1.165, 1.54) is 17.4 Å². The minimum absolute atomic E-state index is 0. The molecular formula is C4H9Cl3Mg2. The van der Waals surface area contributed by atoms with Crippen LogP contribution in [-0.4, -0.2) is 44.8 Å². The maximum atomic E-state index is 2.22. The molecule has 0 radical (unpaired) electrons. The SMILES string of the molecule is CCC[CH2][Mg+].[Cl-].[Cl-].[Cl-].[Mg+2]. The van der Waals surface area contributed by atoms with Gasteiger partial charge < -0.3 is 37.2 Å². The second-order valence-corrected chi connectivity index (χ2v) is 1.91. The van der Waals surface area contributed by atoms with Gasteiger partial charge in [-0.1, -0.05) is 0 Å². The summed E-state index contributed by atoms with van der Waals surface area (Å²) in [7, 11) is 0. The Hall–Kier alpha value is 2.40. The minimum Gasteiger partial charge on any atom is -1.00 e. The summed E-state index contributed by atoms with van der Waals surface area (Å²) >= 11 is 2.05. The van der Waals surface area contributed by atoms with Gasteiger partial charge >= 0.3 is 69.1 Å². The van der Waals surface area contributed by atoms with Gasteiger partial charge in [-0.05, 0) is 0 Å². The van der Waals surface area contributed by atoms with Gasteiger partial charge in [0.25, 0.3) is 0 Å². The largest absolute Gasteiger partial charge is 2.00 e. The molecule has 0 aromatic rings. The molecule has 0 amide bonds. The number of halogens is 3. The van der Waals surface area contributed by atoms with Crippen molar-refractivity contribution < 1.29 is 37.2 Å². The van der Waals surface area contributed by atoms with Crippen molar-refractivity contribution >= 4 is 44.8 Å². The van der Waals surface area contributed by atoms with Crippen molar-refractivity contribution in [2.75, 3.05) is 0 Å². The molecule has 0 unspecified atom stereocenters. The van der Waals surface area contributed by atoms with Crippen LogP contribution < -0.4 is 37.2 Å². The summed E-state index contributed by atoms with van der Waals surface area (Å²) in [5.74, 6) is 0. The van der Waals surface area contributed by atoms with E-state index in [2.05, 4.69) is 6.92 Å². The predicted octanol–water partition coefficient (Wildman–Crippen LogP) is -8.00. The topological polar surface area (TPSA) is 0 Å². The maximum Gasteiger partial charge on any atom is 2.00 e. The van der Waals surface area contributed by atoms with E-state index >= 15 is 0 Å². The fourth-order valence-corrected chi connectivity index (χ4v) is 0.750. The van der Waals surface area contributed by atoms with Gasteiger partial charge in [-0.3, -0.25) is 0 Å². The van der Waals surface area contributed by atoms with Crippen molar-refractivity contribution in [1.82, 2.24) is 0 Å². The molecule has 0 aliphatic carbocycles. The van der Waals surface area contributed by atoms with Gasteiger partial charge in [0, 0.05) is 0 Å².